The van der Waals surface area contributed by atoms with E-state index < -0.39 is 0 Å². The van der Waals surface area contributed by atoms with Crippen molar-refractivity contribution in [3.8, 4) is 0 Å². The van der Waals surface area contributed by atoms with Crippen molar-refractivity contribution in [2.45, 2.75) is 6.92 Å². The van der Waals surface area contributed by atoms with Gasteiger partial charge in [0.2, 0.25) is 0 Å². The maximum atomic E-state index is 2.24. The highest BCUT2D eigenvalue weighted by Crippen LogP contribution is 2.20. The predicted molar refractivity (Wildman–Crippen MR) is 98.4 cm³/mol. The summed E-state index contributed by atoms with van der Waals surface area (Å²) >= 11 is 0. The van der Waals surface area contributed by atoms with E-state index in [0.717, 1.165) is 0 Å². The van der Waals surface area contributed by atoms with Gasteiger partial charge in [0, 0.05) is 19.8 Å². The van der Waals surface area contributed by atoms with E-state index in [-0.39, 0.29) is 0 Å². The monoisotopic (exact) mass is 287 g/mol. The van der Waals surface area contributed by atoms with Gasteiger partial charge in [-0.2, -0.15) is 0 Å². The Labute approximate surface area is 132 Å². The first kappa shape index (κ1) is 14.4. The predicted octanol–water partition coefficient (Wildman–Crippen LogP) is 5.38. The van der Waals surface area contributed by atoms with Gasteiger partial charge in [-0.05, 0) is 47.0 Å². The van der Waals surface area contributed by atoms with E-state index in [1.165, 1.54) is 33.2 Å². The molecule has 0 spiro atoms. The van der Waals surface area contributed by atoms with Gasteiger partial charge in [-0.3, -0.25) is 0 Å². The summed E-state index contributed by atoms with van der Waals surface area (Å²) in [4.78, 5) is 2.11. The molecule has 0 bridgehead atoms. The first-order valence-corrected chi connectivity index (χ1v) is 7.58. The van der Waals surface area contributed by atoms with Crippen LogP contribution in [0.5, 0.6) is 0 Å². The van der Waals surface area contributed by atoms with E-state index in [0.29, 0.717) is 0 Å². The van der Waals surface area contributed by atoms with Crippen molar-refractivity contribution in [2.75, 3.05) is 19.0 Å². The van der Waals surface area contributed by atoms with E-state index >= 15 is 0 Å². The number of anilines is 1. The lowest BCUT2D eigenvalue weighted by atomic mass is 10.0. The number of hydrogen-bond acceptors (Lipinski definition) is 1. The Kier molecular flexibility index (Phi) is 3.97. The molecule has 0 radical (unpaired) electrons. The minimum absolute atomic E-state index is 1.22. The van der Waals surface area contributed by atoms with Gasteiger partial charge < -0.3 is 4.90 Å². The summed E-state index contributed by atoms with van der Waals surface area (Å²) in [7, 11) is 4.11. The Morgan fingerprint density at radius 3 is 2.05 bits per heavy atom. The molecule has 3 aromatic rings. The van der Waals surface area contributed by atoms with Crippen LogP contribution in [0.25, 0.3) is 22.9 Å². The molecule has 3 rings (SSSR count). The number of rotatable bonds is 3. The van der Waals surface area contributed by atoms with Crippen molar-refractivity contribution >= 4 is 28.6 Å². The molecule has 110 valence electrons. The molecule has 0 fully saturated rings. The Morgan fingerprint density at radius 2 is 1.32 bits per heavy atom. The van der Waals surface area contributed by atoms with E-state index in [4.69, 9.17) is 0 Å². The van der Waals surface area contributed by atoms with E-state index in [1.54, 1.807) is 0 Å². The highest BCUT2D eigenvalue weighted by Gasteiger charge is 1.96. The third kappa shape index (κ3) is 3.20. The lowest BCUT2D eigenvalue weighted by molar-refractivity contribution is 1.13. The molecule has 0 saturated heterocycles. The van der Waals surface area contributed by atoms with E-state index in [1.807, 2.05) is 0 Å². The molecule has 0 N–H and O–H groups in total. The van der Waals surface area contributed by atoms with Gasteiger partial charge in [0.25, 0.3) is 0 Å². The minimum atomic E-state index is 1.22. The molecule has 0 unspecified atom stereocenters. The molecule has 0 aromatic heterocycles. The van der Waals surface area contributed by atoms with Crippen molar-refractivity contribution < 1.29 is 0 Å². The first-order valence-electron chi connectivity index (χ1n) is 7.58. The van der Waals surface area contributed by atoms with Gasteiger partial charge in [-0.1, -0.05) is 60.2 Å². The largest absolute Gasteiger partial charge is 0.378 e. The van der Waals surface area contributed by atoms with Crippen molar-refractivity contribution in [3.63, 3.8) is 0 Å². The molecule has 0 aliphatic heterocycles. The lowest BCUT2D eigenvalue weighted by Crippen LogP contribution is -2.07. The van der Waals surface area contributed by atoms with Crippen LogP contribution in [0, 0.1) is 6.92 Å². The molecule has 3 aromatic carbocycles. The number of aryl methyl sites for hydroxylation is 1. The van der Waals surface area contributed by atoms with Crippen LogP contribution in [-0.2, 0) is 0 Å². The Bertz CT molecular complexity index is 811. The van der Waals surface area contributed by atoms with Crippen molar-refractivity contribution in [1.29, 1.82) is 0 Å². The number of hydrogen-bond donors (Lipinski definition) is 0. The fourth-order valence-corrected chi connectivity index (χ4v) is 2.56. The zero-order valence-electron chi connectivity index (χ0n) is 13.4. The SMILES string of the molecule is Cc1ccc2ccc(/C=C/c3ccc(N(C)C)cc3)cc2c1. The molecule has 1 heteroatoms. The van der Waals surface area contributed by atoms with E-state index in [9.17, 15) is 0 Å². The van der Waals surface area contributed by atoms with Crippen molar-refractivity contribution in [3.05, 3.63) is 77.4 Å². The maximum Gasteiger partial charge on any atom is 0.0361 e. The summed E-state index contributed by atoms with van der Waals surface area (Å²) < 4.78 is 0. The van der Waals surface area contributed by atoms with Crippen molar-refractivity contribution in [1.82, 2.24) is 0 Å². The molecular formula is C21H21N. The zero-order chi connectivity index (χ0) is 15.5. The number of benzene rings is 3. The van der Waals surface area contributed by atoms with Crippen LogP contribution in [0.2, 0.25) is 0 Å². The third-order valence-corrected chi connectivity index (χ3v) is 3.90. The normalized spacial score (nSPS) is 11.2. The Balaban J connectivity index is 1.85. The van der Waals surface area contributed by atoms with E-state index in [2.05, 4.69) is 98.7 Å². The third-order valence-electron chi connectivity index (χ3n) is 3.90. The summed E-state index contributed by atoms with van der Waals surface area (Å²) in [5.41, 5.74) is 4.97. The van der Waals surface area contributed by atoms with Crippen LogP contribution in [0.15, 0.2) is 60.7 Å². The average Bonchev–Trinajstić information content (AvgIpc) is 2.53. The fourth-order valence-electron chi connectivity index (χ4n) is 2.56. The Morgan fingerprint density at radius 1 is 0.682 bits per heavy atom. The molecule has 0 amide bonds. The standard InChI is InChI=1S/C21H21N/c1-16-4-10-19-11-7-18(15-20(19)14-16)6-5-17-8-12-21(13-9-17)22(2)3/h4-15H,1-3H3/b6-5+. The minimum Gasteiger partial charge on any atom is -0.378 e. The quantitative estimate of drug-likeness (QED) is 0.584. The second-order valence-corrected chi connectivity index (χ2v) is 5.93. The number of fused-ring (bicyclic) bond motifs is 1. The van der Waals surface area contributed by atoms with Crippen LogP contribution in [0.4, 0.5) is 5.69 Å². The zero-order valence-corrected chi connectivity index (χ0v) is 13.4. The summed E-state index contributed by atoms with van der Waals surface area (Å²) in [5.74, 6) is 0. The molecule has 1 nitrogen and oxygen atoms in total. The summed E-state index contributed by atoms with van der Waals surface area (Å²) in [6.45, 7) is 2.13. The van der Waals surface area contributed by atoms with Gasteiger partial charge in [0.05, 0.1) is 0 Å². The van der Waals surface area contributed by atoms with Crippen LogP contribution in [0.3, 0.4) is 0 Å². The molecular weight excluding hydrogens is 266 g/mol. The first-order chi connectivity index (χ1) is 10.6. The van der Waals surface area contributed by atoms with Crippen LogP contribution < -0.4 is 4.90 Å². The second-order valence-electron chi connectivity index (χ2n) is 5.93. The topological polar surface area (TPSA) is 3.24 Å². The van der Waals surface area contributed by atoms with Gasteiger partial charge in [-0.15, -0.1) is 0 Å². The molecule has 0 aliphatic rings. The summed E-state index contributed by atoms with van der Waals surface area (Å²) in [5, 5.41) is 2.59. The van der Waals surface area contributed by atoms with Gasteiger partial charge in [0.15, 0.2) is 0 Å². The number of nitrogens with zero attached hydrogens (tertiary/aromatic N) is 1. The smallest absolute Gasteiger partial charge is 0.0361 e. The Hall–Kier alpha value is -2.54. The van der Waals surface area contributed by atoms with Gasteiger partial charge >= 0.3 is 0 Å². The average molecular weight is 287 g/mol. The van der Waals surface area contributed by atoms with Gasteiger partial charge in [0.1, 0.15) is 0 Å². The second kappa shape index (κ2) is 6.07. The molecule has 22 heavy (non-hydrogen) atoms. The van der Waals surface area contributed by atoms with Gasteiger partial charge in [-0.25, -0.2) is 0 Å². The fraction of sp³-hybridized carbons (Fsp3) is 0.143. The van der Waals surface area contributed by atoms with Crippen LogP contribution in [-0.4, -0.2) is 14.1 Å². The summed E-state index contributed by atoms with van der Waals surface area (Å²) in [6.07, 6.45) is 4.34. The van der Waals surface area contributed by atoms with Crippen LogP contribution >= 0.6 is 0 Å². The molecule has 0 heterocycles. The molecule has 0 saturated carbocycles. The highest BCUT2D eigenvalue weighted by molar-refractivity contribution is 5.86. The lowest BCUT2D eigenvalue weighted by Gasteiger charge is -2.11. The maximum absolute atomic E-state index is 2.24. The molecule has 0 aliphatic carbocycles. The summed E-state index contributed by atoms with van der Waals surface area (Å²) in [6, 6.07) is 21.8. The molecule has 0 atom stereocenters. The van der Waals surface area contributed by atoms with Crippen molar-refractivity contribution in [2.24, 2.45) is 0 Å². The van der Waals surface area contributed by atoms with Crippen LogP contribution in [0.1, 0.15) is 16.7 Å². The highest BCUT2D eigenvalue weighted by atomic mass is 15.1.